The van der Waals surface area contributed by atoms with Crippen LogP contribution in [-0.2, 0) is 4.79 Å². The molecule has 0 N–H and O–H groups in total. The summed E-state index contributed by atoms with van der Waals surface area (Å²) in [5, 5.41) is 9.14. The second kappa shape index (κ2) is 5.79. The van der Waals surface area contributed by atoms with Crippen molar-refractivity contribution in [3.8, 4) is 17.4 Å². The van der Waals surface area contributed by atoms with Gasteiger partial charge in [-0.05, 0) is 24.3 Å². The molecule has 3 rings (SSSR count). The average molecular weight is 326 g/mol. The number of nitriles is 1. The summed E-state index contributed by atoms with van der Waals surface area (Å²) in [6.07, 6.45) is 1.67. The molecule has 0 unspecified atom stereocenters. The Morgan fingerprint density at radius 1 is 1.32 bits per heavy atom. The zero-order valence-electron chi connectivity index (χ0n) is 11.6. The van der Waals surface area contributed by atoms with E-state index in [2.05, 4.69) is 6.07 Å². The van der Waals surface area contributed by atoms with Crippen molar-refractivity contribution in [2.45, 2.75) is 0 Å². The second-order valence-corrected chi connectivity index (χ2v) is 6.28. The number of thiocarbonyl (C=S) groups is 1. The maximum atomic E-state index is 12.0. The third-order valence-electron chi connectivity index (χ3n) is 3.20. The SMILES string of the molecule is CN1C(=O)/C(=C/c2ccc(-c3ccccc3C#N)o2)SC1=S. The van der Waals surface area contributed by atoms with E-state index < -0.39 is 0 Å². The first-order valence-corrected chi connectivity index (χ1v) is 7.63. The highest BCUT2D eigenvalue weighted by molar-refractivity contribution is 8.26. The highest BCUT2D eigenvalue weighted by Gasteiger charge is 2.29. The highest BCUT2D eigenvalue weighted by Crippen LogP contribution is 2.33. The van der Waals surface area contributed by atoms with Gasteiger partial charge in [0.15, 0.2) is 0 Å². The number of hydrogen-bond donors (Lipinski definition) is 0. The van der Waals surface area contributed by atoms with Gasteiger partial charge in [0, 0.05) is 18.7 Å². The van der Waals surface area contributed by atoms with Crippen LogP contribution in [0.4, 0.5) is 0 Å². The highest BCUT2D eigenvalue weighted by atomic mass is 32.2. The zero-order valence-corrected chi connectivity index (χ0v) is 13.2. The van der Waals surface area contributed by atoms with Crippen LogP contribution in [0.2, 0.25) is 0 Å². The largest absolute Gasteiger partial charge is 0.457 e. The van der Waals surface area contributed by atoms with Gasteiger partial charge in [-0.2, -0.15) is 5.26 Å². The molecule has 22 heavy (non-hydrogen) atoms. The molecule has 1 aliphatic rings. The fourth-order valence-corrected chi connectivity index (χ4v) is 3.20. The molecule has 0 atom stereocenters. The van der Waals surface area contributed by atoms with Crippen LogP contribution in [0, 0.1) is 11.3 Å². The molecule has 1 saturated heterocycles. The van der Waals surface area contributed by atoms with E-state index in [9.17, 15) is 4.79 Å². The Morgan fingerprint density at radius 3 is 2.77 bits per heavy atom. The van der Waals surface area contributed by atoms with Crippen molar-refractivity contribution in [1.82, 2.24) is 4.90 Å². The van der Waals surface area contributed by atoms with Crippen LogP contribution in [0.15, 0.2) is 45.7 Å². The predicted molar refractivity (Wildman–Crippen MR) is 89.8 cm³/mol. The minimum Gasteiger partial charge on any atom is -0.457 e. The first-order valence-electron chi connectivity index (χ1n) is 6.41. The van der Waals surface area contributed by atoms with Gasteiger partial charge in [0.25, 0.3) is 5.91 Å². The van der Waals surface area contributed by atoms with E-state index in [1.54, 1.807) is 37.4 Å². The third-order valence-corrected chi connectivity index (χ3v) is 4.68. The lowest BCUT2D eigenvalue weighted by molar-refractivity contribution is -0.121. The predicted octanol–water partition coefficient (Wildman–Crippen LogP) is 3.65. The van der Waals surface area contributed by atoms with Gasteiger partial charge < -0.3 is 4.42 Å². The minimum absolute atomic E-state index is 0.134. The summed E-state index contributed by atoms with van der Waals surface area (Å²) in [4.78, 5) is 13.9. The lowest BCUT2D eigenvalue weighted by atomic mass is 10.1. The number of thioether (sulfide) groups is 1. The van der Waals surface area contributed by atoms with Gasteiger partial charge in [-0.25, -0.2) is 0 Å². The van der Waals surface area contributed by atoms with E-state index in [1.807, 2.05) is 12.1 Å². The molecule has 2 heterocycles. The van der Waals surface area contributed by atoms with Crippen LogP contribution >= 0.6 is 24.0 Å². The second-order valence-electron chi connectivity index (χ2n) is 4.60. The van der Waals surface area contributed by atoms with Crippen molar-refractivity contribution in [1.29, 1.82) is 5.26 Å². The number of carbonyl (C=O) groups excluding carboxylic acids is 1. The van der Waals surface area contributed by atoms with Crippen LogP contribution in [0.1, 0.15) is 11.3 Å². The quantitative estimate of drug-likeness (QED) is 0.623. The zero-order chi connectivity index (χ0) is 15.7. The molecule has 2 aromatic rings. The van der Waals surface area contributed by atoms with Crippen LogP contribution in [0.25, 0.3) is 17.4 Å². The number of amides is 1. The number of furan rings is 1. The molecule has 0 aliphatic carbocycles. The molecular weight excluding hydrogens is 316 g/mol. The average Bonchev–Trinajstić information content (AvgIpc) is 3.09. The molecule has 0 bridgehead atoms. The molecule has 4 nitrogen and oxygen atoms in total. The molecule has 0 spiro atoms. The number of hydrogen-bond acceptors (Lipinski definition) is 5. The van der Waals surface area contributed by atoms with Crippen molar-refractivity contribution in [2.24, 2.45) is 0 Å². The maximum absolute atomic E-state index is 12.0. The summed E-state index contributed by atoms with van der Waals surface area (Å²) in [6, 6.07) is 12.9. The van der Waals surface area contributed by atoms with E-state index in [1.165, 1.54) is 16.7 Å². The van der Waals surface area contributed by atoms with Crippen molar-refractivity contribution >= 4 is 40.3 Å². The molecule has 6 heteroatoms. The molecule has 1 fully saturated rings. The fraction of sp³-hybridized carbons (Fsp3) is 0.0625. The summed E-state index contributed by atoms with van der Waals surface area (Å²) in [5.74, 6) is 1.01. The van der Waals surface area contributed by atoms with E-state index in [-0.39, 0.29) is 5.91 Å². The first-order chi connectivity index (χ1) is 10.6. The Balaban J connectivity index is 1.94. The van der Waals surface area contributed by atoms with E-state index in [0.717, 1.165) is 5.56 Å². The Morgan fingerprint density at radius 2 is 2.09 bits per heavy atom. The van der Waals surface area contributed by atoms with Gasteiger partial charge in [-0.1, -0.05) is 36.1 Å². The van der Waals surface area contributed by atoms with Crippen LogP contribution in [-0.4, -0.2) is 22.2 Å². The van der Waals surface area contributed by atoms with Gasteiger partial charge in [0.1, 0.15) is 15.8 Å². The monoisotopic (exact) mass is 326 g/mol. The van der Waals surface area contributed by atoms with Crippen molar-refractivity contribution in [3.05, 3.63) is 52.6 Å². The molecule has 1 aromatic carbocycles. The smallest absolute Gasteiger partial charge is 0.266 e. The molecule has 108 valence electrons. The summed E-state index contributed by atoms with van der Waals surface area (Å²) >= 11 is 6.33. The van der Waals surface area contributed by atoms with Crippen LogP contribution in [0.3, 0.4) is 0 Å². The van der Waals surface area contributed by atoms with E-state index >= 15 is 0 Å². The maximum Gasteiger partial charge on any atom is 0.266 e. The Bertz CT molecular complexity index is 846. The number of benzene rings is 1. The Hall–Kier alpha value is -2.36. The van der Waals surface area contributed by atoms with Gasteiger partial charge in [0.2, 0.25) is 0 Å². The molecule has 1 amide bonds. The first kappa shape index (κ1) is 14.6. The lowest BCUT2D eigenvalue weighted by Crippen LogP contribution is -2.22. The normalized spacial score (nSPS) is 16.4. The van der Waals surface area contributed by atoms with Crippen molar-refractivity contribution in [3.63, 3.8) is 0 Å². The summed E-state index contributed by atoms with van der Waals surface area (Å²) in [7, 11) is 1.65. The molecule has 0 radical (unpaired) electrons. The number of carbonyl (C=O) groups is 1. The molecular formula is C16H10N2O2S2. The van der Waals surface area contributed by atoms with Gasteiger partial charge in [0.05, 0.1) is 16.5 Å². The lowest BCUT2D eigenvalue weighted by Gasteiger charge is -2.03. The Labute approximate surface area is 137 Å². The number of rotatable bonds is 2. The minimum atomic E-state index is -0.134. The fourth-order valence-electron chi connectivity index (χ4n) is 2.05. The van der Waals surface area contributed by atoms with Crippen molar-refractivity contribution < 1.29 is 9.21 Å². The topological polar surface area (TPSA) is 57.2 Å². The van der Waals surface area contributed by atoms with Gasteiger partial charge >= 0.3 is 0 Å². The van der Waals surface area contributed by atoms with Gasteiger partial charge in [-0.15, -0.1) is 0 Å². The molecule has 1 aromatic heterocycles. The van der Waals surface area contributed by atoms with Crippen molar-refractivity contribution in [2.75, 3.05) is 7.05 Å². The number of likely N-dealkylation sites (N-methyl/N-ethyl adjacent to an activating group) is 1. The van der Waals surface area contributed by atoms with Crippen LogP contribution < -0.4 is 0 Å². The van der Waals surface area contributed by atoms with E-state index in [4.69, 9.17) is 21.9 Å². The summed E-state index contributed by atoms with van der Waals surface area (Å²) in [5.41, 5.74) is 1.27. The molecule has 0 saturated carbocycles. The van der Waals surface area contributed by atoms with E-state index in [0.29, 0.717) is 26.3 Å². The third kappa shape index (κ3) is 2.56. The Kier molecular flexibility index (Phi) is 3.84. The number of nitrogens with zero attached hydrogens (tertiary/aromatic N) is 2. The summed E-state index contributed by atoms with van der Waals surface area (Å²) in [6.45, 7) is 0. The van der Waals surface area contributed by atoms with Crippen LogP contribution in [0.5, 0.6) is 0 Å². The summed E-state index contributed by atoms with van der Waals surface area (Å²) < 4.78 is 6.26. The standard InChI is InChI=1S/C16H10N2O2S2/c1-18-15(19)14(22-16(18)21)8-11-6-7-13(20-11)12-5-3-2-4-10(12)9-17/h2-8H,1H3/b14-8-. The van der Waals surface area contributed by atoms with Gasteiger partial charge in [-0.3, -0.25) is 9.69 Å². The molecule has 1 aliphatic heterocycles.